The van der Waals surface area contributed by atoms with Crippen LogP contribution in [0.4, 0.5) is 0 Å². The highest BCUT2D eigenvalue weighted by Crippen LogP contribution is 2.37. The highest BCUT2D eigenvalue weighted by Gasteiger charge is 2.19. The molecule has 1 N–H and O–H groups in total. The Bertz CT molecular complexity index is 1680. The molecule has 1 heterocycles. The summed E-state index contributed by atoms with van der Waals surface area (Å²) < 4.78 is 19.4. The monoisotopic (exact) mass is 568 g/mol. The molecule has 0 unspecified atom stereocenters. The molecule has 0 radical (unpaired) electrons. The van der Waals surface area contributed by atoms with Gasteiger partial charge in [-0.1, -0.05) is 60.1 Å². The van der Waals surface area contributed by atoms with Crippen molar-refractivity contribution in [2.75, 3.05) is 14.2 Å². The molecule has 0 aliphatic carbocycles. The van der Waals surface area contributed by atoms with Gasteiger partial charge in [0.1, 0.15) is 23.9 Å². The number of aromatic nitrogens is 2. The quantitative estimate of drug-likeness (QED) is 0.182. The van der Waals surface area contributed by atoms with E-state index >= 15 is 0 Å². The fourth-order valence-electron chi connectivity index (χ4n) is 4.71. The third-order valence-electron chi connectivity index (χ3n) is 6.63. The number of nitrogens with zero attached hydrogens (tertiary/aromatic N) is 2. The number of carboxylic acids is 1. The number of rotatable bonds is 11. The predicted octanol–water partition coefficient (Wildman–Crippen LogP) is 7.14. The van der Waals surface area contributed by atoms with Gasteiger partial charge in [-0.3, -0.25) is 9.48 Å². The van der Waals surface area contributed by atoms with E-state index in [0.29, 0.717) is 39.9 Å². The molecule has 0 bridgehead atoms. The van der Waals surface area contributed by atoms with Crippen molar-refractivity contribution in [3.63, 3.8) is 0 Å². The molecule has 1 aromatic heterocycles. The van der Waals surface area contributed by atoms with E-state index in [-0.39, 0.29) is 13.0 Å². The van der Waals surface area contributed by atoms with Gasteiger partial charge >= 0.3 is 5.97 Å². The lowest BCUT2D eigenvalue weighted by Gasteiger charge is -2.13. The lowest BCUT2D eigenvalue weighted by atomic mass is 10.0. The summed E-state index contributed by atoms with van der Waals surface area (Å²) in [6, 6.07) is 30.4. The number of halogens is 1. The van der Waals surface area contributed by atoms with Crippen LogP contribution in [0.25, 0.3) is 22.5 Å². The van der Waals surface area contributed by atoms with Crippen LogP contribution < -0.4 is 14.2 Å². The number of methoxy groups -OCH3 is 2. The maximum atomic E-state index is 11.5. The van der Waals surface area contributed by atoms with Gasteiger partial charge in [0.25, 0.3) is 0 Å². The number of para-hydroxylation sites is 2. The Balaban J connectivity index is 1.62. The Kier molecular flexibility index (Phi) is 8.56. The van der Waals surface area contributed by atoms with Gasteiger partial charge in [0, 0.05) is 21.7 Å². The zero-order valence-corrected chi connectivity index (χ0v) is 23.5. The second kappa shape index (κ2) is 12.6. The van der Waals surface area contributed by atoms with Crippen molar-refractivity contribution in [2.45, 2.75) is 19.6 Å². The molecule has 8 heteroatoms. The van der Waals surface area contributed by atoms with Crippen molar-refractivity contribution in [1.82, 2.24) is 9.78 Å². The first-order valence-electron chi connectivity index (χ1n) is 13.0. The Hall–Kier alpha value is -4.75. The van der Waals surface area contributed by atoms with Crippen LogP contribution in [-0.2, 0) is 24.4 Å². The third-order valence-corrected chi connectivity index (χ3v) is 6.87. The van der Waals surface area contributed by atoms with Crippen LogP contribution in [0.3, 0.4) is 0 Å². The standard InChI is InChI=1S/C33H29ClN2O5/c1-39-30-12-5-3-9-24(30)20-36-29(26-11-4-6-13-31(26)40-2)19-28(35-36)27-17-22(18-33(37)38)14-15-32(27)41-21-23-8-7-10-25(34)16-23/h3-17,19H,18,20-21H2,1-2H3,(H,37,38). The molecule has 0 aliphatic rings. The molecule has 0 fully saturated rings. The molecule has 7 nitrogen and oxygen atoms in total. The van der Waals surface area contributed by atoms with Crippen LogP contribution in [0, 0.1) is 0 Å². The molecule has 0 spiro atoms. The van der Waals surface area contributed by atoms with Crippen LogP contribution in [0.15, 0.2) is 97.1 Å². The number of benzene rings is 4. The zero-order valence-electron chi connectivity index (χ0n) is 22.7. The van der Waals surface area contributed by atoms with E-state index in [1.165, 1.54) is 0 Å². The number of hydrogen-bond donors (Lipinski definition) is 1. The van der Waals surface area contributed by atoms with E-state index in [9.17, 15) is 9.90 Å². The predicted molar refractivity (Wildman–Crippen MR) is 159 cm³/mol. The number of hydrogen-bond acceptors (Lipinski definition) is 5. The largest absolute Gasteiger partial charge is 0.496 e. The van der Waals surface area contributed by atoms with Crippen molar-refractivity contribution in [2.24, 2.45) is 0 Å². The summed E-state index contributed by atoms with van der Waals surface area (Å²) in [5, 5.41) is 15.1. The fourth-order valence-corrected chi connectivity index (χ4v) is 4.93. The van der Waals surface area contributed by atoms with Crippen molar-refractivity contribution >= 4 is 17.6 Å². The first kappa shape index (κ1) is 27.8. The zero-order chi connectivity index (χ0) is 28.8. The van der Waals surface area contributed by atoms with Gasteiger partial charge in [0.2, 0.25) is 0 Å². The molecule has 41 heavy (non-hydrogen) atoms. The van der Waals surface area contributed by atoms with Crippen LogP contribution in [-0.4, -0.2) is 35.1 Å². The van der Waals surface area contributed by atoms with Crippen molar-refractivity contribution < 1.29 is 24.1 Å². The maximum absolute atomic E-state index is 11.5. The second-order valence-electron chi connectivity index (χ2n) is 9.40. The summed E-state index contributed by atoms with van der Waals surface area (Å²) in [6.45, 7) is 0.720. The number of aliphatic carboxylic acids is 1. The lowest BCUT2D eigenvalue weighted by molar-refractivity contribution is -0.136. The molecular weight excluding hydrogens is 540 g/mol. The number of carbonyl (C=O) groups is 1. The summed E-state index contributed by atoms with van der Waals surface area (Å²) in [7, 11) is 3.28. The van der Waals surface area contributed by atoms with Gasteiger partial charge < -0.3 is 19.3 Å². The van der Waals surface area contributed by atoms with Gasteiger partial charge in [-0.15, -0.1) is 0 Å². The SMILES string of the molecule is COc1ccccc1Cn1nc(-c2cc(CC(=O)O)ccc2OCc2cccc(Cl)c2)cc1-c1ccccc1OC. The molecule has 0 saturated carbocycles. The topological polar surface area (TPSA) is 82.8 Å². The first-order chi connectivity index (χ1) is 19.9. The van der Waals surface area contributed by atoms with E-state index in [2.05, 4.69) is 0 Å². The van der Waals surface area contributed by atoms with Crippen LogP contribution >= 0.6 is 11.6 Å². The van der Waals surface area contributed by atoms with E-state index in [1.54, 1.807) is 26.4 Å². The van der Waals surface area contributed by atoms with Gasteiger partial charge in [-0.05, 0) is 59.7 Å². The minimum atomic E-state index is -0.917. The van der Waals surface area contributed by atoms with Crippen molar-refractivity contribution in [1.29, 1.82) is 0 Å². The van der Waals surface area contributed by atoms with Gasteiger partial charge in [0.15, 0.2) is 0 Å². The third kappa shape index (κ3) is 6.53. The Morgan fingerprint density at radius 1 is 0.805 bits per heavy atom. The first-order valence-corrected chi connectivity index (χ1v) is 13.4. The highest BCUT2D eigenvalue weighted by molar-refractivity contribution is 6.30. The smallest absolute Gasteiger partial charge is 0.307 e. The Morgan fingerprint density at radius 2 is 1.56 bits per heavy atom. The molecule has 0 amide bonds. The van der Waals surface area contributed by atoms with Gasteiger partial charge in [-0.2, -0.15) is 5.10 Å². The Labute approximate surface area is 243 Å². The molecule has 0 aliphatic heterocycles. The molecule has 0 saturated heterocycles. The minimum Gasteiger partial charge on any atom is -0.496 e. The number of ether oxygens (including phenoxy) is 3. The maximum Gasteiger partial charge on any atom is 0.307 e. The molecule has 4 aromatic carbocycles. The summed E-state index contributed by atoms with van der Waals surface area (Å²) in [5.74, 6) is 1.12. The molecule has 208 valence electrons. The Morgan fingerprint density at radius 3 is 2.32 bits per heavy atom. The van der Waals surface area contributed by atoms with Crippen molar-refractivity contribution in [3.8, 4) is 39.8 Å². The van der Waals surface area contributed by atoms with E-state index in [0.717, 1.165) is 28.1 Å². The summed E-state index contributed by atoms with van der Waals surface area (Å²) >= 11 is 6.17. The van der Waals surface area contributed by atoms with Crippen molar-refractivity contribution in [3.05, 3.63) is 119 Å². The lowest BCUT2D eigenvalue weighted by Crippen LogP contribution is -2.06. The van der Waals surface area contributed by atoms with E-state index in [4.69, 9.17) is 30.9 Å². The minimum absolute atomic E-state index is 0.122. The summed E-state index contributed by atoms with van der Waals surface area (Å²) in [6.07, 6.45) is -0.122. The van der Waals surface area contributed by atoms with E-state index < -0.39 is 5.97 Å². The number of carboxylic acid groups (broad SMARTS) is 1. The van der Waals surface area contributed by atoms with Crippen LogP contribution in [0.2, 0.25) is 5.02 Å². The molecule has 0 atom stereocenters. The summed E-state index contributed by atoms with van der Waals surface area (Å²) in [4.78, 5) is 11.5. The van der Waals surface area contributed by atoms with Gasteiger partial charge in [0.05, 0.1) is 38.6 Å². The average molecular weight is 569 g/mol. The van der Waals surface area contributed by atoms with E-state index in [1.807, 2.05) is 89.6 Å². The summed E-state index contributed by atoms with van der Waals surface area (Å²) in [5.41, 5.74) is 5.52. The highest BCUT2D eigenvalue weighted by atomic mass is 35.5. The average Bonchev–Trinajstić information content (AvgIpc) is 3.39. The molecule has 5 rings (SSSR count). The normalized spacial score (nSPS) is 10.8. The second-order valence-corrected chi connectivity index (χ2v) is 9.84. The van der Waals surface area contributed by atoms with Crippen LogP contribution in [0.5, 0.6) is 17.2 Å². The fraction of sp³-hybridized carbons (Fsp3) is 0.152. The van der Waals surface area contributed by atoms with Crippen LogP contribution in [0.1, 0.15) is 16.7 Å². The molecular formula is C33H29ClN2O5. The molecule has 5 aromatic rings. The van der Waals surface area contributed by atoms with Gasteiger partial charge in [-0.25, -0.2) is 0 Å².